The van der Waals surface area contributed by atoms with Gasteiger partial charge in [0.15, 0.2) is 5.69 Å². The molecule has 0 aliphatic heterocycles. The van der Waals surface area contributed by atoms with E-state index >= 15 is 0 Å². The zero-order valence-electron chi connectivity index (χ0n) is 14.6. The third-order valence-electron chi connectivity index (χ3n) is 4.47. The fourth-order valence-corrected chi connectivity index (χ4v) is 3.05. The second-order valence-electron chi connectivity index (χ2n) is 6.57. The van der Waals surface area contributed by atoms with Gasteiger partial charge in [-0.05, 0) is 37.0 Å². The first-order valence-electron chi connectivity index (χ1n) is 8.46. The molecular formula is C18H18ClF3N4O. The van der Waals surface area contributed by atoms with Gasteiger partial charge in [0.25, 0.3) is 5.91 Å². The van der Waals surface area contributed by atoms with Crippen LogP contribution in [0, 0.1) is 5.92 Å². The van der Waals surface area contributed by atoms with Gasteiger partial charge in [-0.25, -0.2) is 9.97 Å². The number of benzene rings is 1. The van der Waals surface area contributed by atoms with Crippen LogP contribution in [0.4, 0.5) is 24.8 Å². The molecule has 1 aromatic heterocycles. The van der Waals surface area contributed by atoms with Crippen LogP contribution in [0.25, 0.3) is 0 Å². The zero-order valence-corrected chi connectivity index (χ0v) is 15.3. The van der Waals surface area contributed by atoms with Crippen LogP contribution in [0.2, 0.25) is 5.02 Å². The van der Waals surface area contributed by atoms with Crippen LogP contribution in [0.15, 0.2) is 30.5 Å². The van der Waals surface area contributed by atoms with Gasteiger partial charge >= 0.3 is 6.18 Å². The van der Waals surface area contributed by atoms with Crippen molar-refractivity contribution in [1.29, 1.82) is 0 Å². The number of hydrogen-bond donors (Lipinski definition) is 1. The molecule has 0 bridgehead atoms. The number of alkyl halides is 3. The highest BCUT2D eigenvalue weighted by Gasteiger charge is 2.39. The van der Waals surface area contributed by atoms with Crippen molar-refractivity contribution >= 4 is 29.1 Å². The summed E-state index contributed by atoms with van der Waals surface area (Å²) in [6.07, 6.45) is -0.794. The van der Waals surface area contributed by atoms with Crippen LogP contribution in [-0.4, -0.2) is 34.4 Å². The normalized spacial score (nSPS) is 14.6. The third-order valence-corrected chi connectivity index (χ3v) is 4.71. The van der Waals surface area contributed by atoms with E-state index in [0.29, 0.717) is 23.2 Å². The molecule has 1 saturated carbocycles. The average molecular weight is 399 g/mol. The fraction of sp³-hybridized carbons (Fsp3) is 0.389. The van der Waals surface area contributed by atoms with Crippen LogP contribution in [-0.2, 0) is 6.18 Å². The topological polar surface area (TPSA) is 58.1 Å². The molecule has 0 radical (unpaired) electrons. The minimum absolute atomic E-state index is 0.261. The van der Waals surface area contributed by atoms with E-state index in [4.69, 9.17) is 11.6 Å². The van der Waals surface area contributed by atoms with Crippen molar-refractivity contribution in [2.45, 2.75) is 25.4 Å². The molecule has 1 aromatic carbocycles. The molecule has 1 fully saturated rings. The Morgan fingerprint density at radius 3 is 2.70 bits per heavy atom. The number of nitrogens with zero attached hydrogens (tertiary/aromatic N) is 3. The van der Waals surface area contributed by atoms with E-state index in [1.807, 2.05) is 0 Å². The van der Waals surface area contributed by atoms with E-state index in [1.54, 1.807) is 18.2 Å². The predicted molar refractivity (Wildman–Crippen MR) is 96.1 cm³/mol. The average Bonchev–Trinajstić information content (AvgIpc) is 2.56. The number of carbonyl (C=O) groups excluding carboxylic acids is 1. The van der Waals surface area contributed by atoms with Crippen molar-refractivity contribution in [3.63, 3.8) is 0 Å². The number of anilines is 2. The molecule has 1 N–H and O–H groups in total. The Kier molecular flexibility index (Phi) is 5.55. The summed E-state index contributed by atoms with van der Waals surface area (Å²) in [5.41, 5.74) is -1.37. The number of nitrogens with one attached hydrogen (secondary N) is 1. The number of aromatic nitrogens is 2. The summed E-state index contributed by atoms with van der Waals surface area (Å²) in [4.78, 5) is 21.2. The molecular weight excluding hydrogens is 381 g/mol. The van der Waals surface area contributed by atoms with E-state index in [-0.39, 0.29) is 5.95 Å². The first-order valence-corrected chi connectivity index (χ1v) is 8.84. The first kappa shape index (κ1) is 19.4. The summed E-state index contributed by atoms with van der Waals surface area (Å²) in [7, 11) is 1.50. The molecule has 1 aliphatic carbocycles. The van der Waals surface area contributed by atoms with E-state index in [9.17, 15) is 18.0 Å². The molecule has 0 atom stereocenters. The highest BCUT2D eigenvalue weighted by atomic mass is 35.5. The van der Waals surface area contributed by atoms with Gasteiger partial charge in [-0.1, -0.05) is 24.1 Å². The van der Waals surface area contributed by atoms with Crippen LogP contribution in [0.3, 0.4) is 0 Å². The maximum atomic E-state index is 13.5. The van der Waals surface area contributed by atoms with Gasteiger partial charge in [0.05, 0.1) is 5.56 Å². The molecule has 0 spiro atoms. The highest BCUT2D eigenvalue weighted by Crippen LogP contribution is 2.33. The van der Waals surface area contributed by atoms with E-state index in [1.165, 1.54) is 18.0 Å². The fourth-order valence-electron chi connectivity index (χ4n) is 2.86. The Morgan fingerprint density at radius 2 is 2.11 bits per heavy atom. The zero-order chi connectivity index (χ0) is 19.6. The SMILES string of the molecule is CN(CC1CCC1)C(=O)c1cnc(Nc2cccc(Cl)c2)nc1C(F)(F)F. The Labute approximate surface area is 159 Å². The predicted octanol–water partition coefficient (Wildman–Crippen LogP) is 4.76. The second kappa shape index (κ2) is 7.72. The lowest BCUT2D eigenvalue weighted by molar-refractivity contribution is -0.141. The third kappa shape index (κ3) is 4.68. The van der Waals surface area contributed by atoms with Crippen molar-refractivity contribution in [3.05, 3.63) is 46.7 Å². The summed E-state index contributed by atoms with van der Waals surface area (Å²) in [6, 6.07) is 6.43. The van der Waals surface area contributed by atoms with Crippen LogP contribution < -0.4 is 5.32 Å². The first-order chi connectivity index (χ1) is 12.7. The van der Waals surface area contributed by atoms with Crippen molar-refractivity contribution in [2.75, 3.05) is 18.9 Å². The van der Waals surface area contributed by atoms with Gasteiger partial charge in [-0.3, -0.25) is 4.79 Å². The molecule has 0 saturated heterocycles. The molecule has 0 unspecified atom stereocenters. The van der Waals surface area contributed by atoms with Crippen molar-refractivity contribution in [1.82, 2.24) is 14.9 Å². The number of halogens is 4. The summed E-state index contributed by atoms with van der Waals surface area (Å²) in [6.45, 7) is 0.429. The van der Waals surface area contributed by atoms with Crippen LogP contribution in [0.1, 0.15) is 35.3 Å². The van der Waals surface area contributed by atoms with E-state index in [2.05, 4.69) is 15.3 Å². The molecule has 2 aromatic rings. The van der Waals surface area contributed by atoms with Crippen molar-refractivity contribution in [2.24, 2.45) is 5.92 Å². The Bertz CT molecular complexity index is 840. The number of rotatable bonds is 5. The monoisotopic (exact) mass is 398 g/mol. The van der Waals surface area contributed by atoms with Gasteiger partial charge in [0.1, 0.15) is 0 Å². The van der Waals surface area contributed by atoms with Gasteiger partial charge in [-0.15, -0.1) is 0 Å². The van der Waals surface area contributed by atoms with Crippen LogP contribution in [0.5, 0.6) is 0 Å². The lowest BCUT2D eigenvalue weighted by Crippen LogP contribution is -2.35. The number of hydrogen-bond acceptors (Lipinski definition) is 4. The largest absolute Gasteiger partial charge is 0.434 e. The van der Waals surface area contributed by atoms with Crippen LogP contribution >= 0.6 is 11.6 Å². The second-order valence-corrected chi connectivity index (χ2v) is 7.01. The number of carbonyl (C=O) groups is 1. The van der Waals surface area contributed by atoms with Gasteiger partial charge in [-0.2, -0.15) is 13.2 Å². The molecule has 3 rings (SSSR count). The molecule has 1 heterocycles. The molecule has 144 valence electrons. The number of amides is 1. The Hall–Kier alpha value is -2.35. The van der Waals surface area contributed by atoms with Gasteiger partial charge < -0.3 is 10.2 Å². The maximum Gasteiger partial charge on any atom is 0.434 e. The molecule has 9 heteroatoms. The van der Waals surface area contributed by atoms with Gasteiger partial charge in [0.2, 0.25) is 5.95 Å². The molecule has 1 aliphatic rings. The maximum absolute atomic E-state index is 13.5. The van der Waals surface area contributed by atoms with Crippen molar-refractivity contribution < 1.29 is 18.0 Å². The molecule has 27 heavy (non-hydrogen) atoms. The quantitative estimate of drug-likeness (QED) is 0.788. The summed E-state index contributed by atoms with van der Waals surface area (Å²) in [5, 5.41) is 3.09. The van der Waals surface area contributed by atoms with Gasteiger partial charge in [0, 0.05) is 30.5 Å². The minimum Gasteiger partial charge on any atom is -0.341 e. The lowest BCUT2D eigenvalue weighted by Gasteiger charge is -2.30. The summed E-state index contributed by atoms with van der Waals surface area (Å²) >= 11 is 5.86. The molecule has 1 amide bonds. The van der Waals surface area contributed by atoms with E-state index in [0.717, 1.165) is 25.5 Å². The lowest BCUT2D eigenvalue weighted by atomic mass is 9.85. The highest BCUT2D eigenvalue weighted by molar-refractivity contribution is 6.30. The molecule has 5 nitrogen and oxygen atoms in total. The smallest absolute Gasteiger partial charge is 0.341 e. The standard InChI is InChI=1S/C18H18ClF3N4O/c1-26(10-11-4-2-5-11)16(27)14-9-23-17(25-15(14)18(20,21)22)24-13-7-3-6-12(19)8-13/h3,6-9,11H,2,4-5,10H2,1H3,(H,23,24,25). The summed E-state index contributed by atoms with van der Waals surface area (Å²) in [5.74, 6) is -0.649. The van der Waals surface area contributed by atoms with E-state index < -0.39 is 23.3 Å². The summed E-state index contributed by atoms with van der Waals surface area (Å²) < 4.78 is 40.5. The Balaban J connectivity index is 1.86. The Morgan fingerprint density at radius 1 is 1.37 bits per heavy atom. The minimum atomic E-state index is -4.78. The van der Waals surface area contributed by atoms with Crippen molar-refractivity contribution in [3.8, 4) is 0 Å².